The number of rotatable bonds is 4. The highest BCUT2D eigenvalue weighted by Gasteiger charge is 2.28. The average molecular weight is 494 g/mol. The van der Waals surface area contributed by atoms with Crippen molar-refractivity contribution in [3.05, 3.63) is 71.9 Å². The summed E-state index contributed by atoms with van der Waals surface area (Å²) in [7, 11) is 0. The van der Waals surface area contributed by atoms with Crippen molar-refractivity contribution >= 4 is 22.8 Å². The van der Waals surface area contributed by atoms with E-state index in [2.05, 4.69) is 11.0 Å². The number of nitrogens with zero attached hydrogens (tertiary/aromatic N) is 7. The second-order valence-electron chi connectivity index (χ2n) is 9.38. The van der Waals surface area contributed by atoms with Crippen LogP contribution in [0.4, 0.5) is 5.82 Å². The molecule has 0 bridgehead atoms. The molecule has 2 fully saturated rings. The number of anilines is 1. The van der Waals surface area contributed by atoms with Gasteiger partial charge in [-0.2, -0.15) is 10.4 Å². The highest BCUT2D eigenvalue weighted by Crippen LogP contribution is 2.32. The minimum absolute atomic E-state index is 0.00319. The number of fused-ring (bicyclic) bond motifs is 1. The maximum atomic E-state index is 13.0. The molecular weight excluding hydrogens is 466 g/mol. The first-order chi connectivity index (χ1) is 18.2. The Kier molecular flexibility index (Phi) is 6.25. The van der Waals surface area contributed by atoms with Gasteiger partial charge in [0, 0.05) is 37.3 Å². The van der Waals surface area contributed by atoms with Crippen LogP contribution in [-0.4, -0.2) is 69.9 Å². The van der Waals surface area contributed by atoms with Gasteiger partial charge in [-0.1, -0.05) is 30.3 Å². The van der Waals surface area contributed by atoms with Crippen molar-refractivity contribution in [2.24, 2.45) is 0 Å². The molecule has 0 spiro atoms. The second-order valence-corrected chi connectivity index (χ2v) is 9.38. The number of nitriles is 1. The number of aromatic nitrogens is 4. The van der Waals surface area contributed by atoms with E-state index >= 15 is 0 Å². The van der Waals surface area contributed by atoms with Crippen molar-refractivity contribution in [3.8, 4) is 17.5 Å². The first-order valence-corrected chi connectivity index (χ1v) is 12.6. The number of carbonyl (C=O) groups is 1. The largest absolute Gasteiger partial charge is 0.378 e. The van der Waals surface area contributed by atoms with Gasteiger partial charge >= 0.3 is 0 Å². The summed E-state index contributed by atoms with van der Waals surface area (Å²) in [6, 6.07) is 19.1. The van der Waals surface area contributed by atoms with Crippen LogP contribution in [-0.2, 0) is 4.74 Å². The number of hydrogen-bond donors (Lipinski definition) is 0. The van der Waals surface area contributed by atoms with E-state index in [0.29, 0.717) is 43.3 Å². The highest BCUT2D eigenvalue weighted by atomic mass is 16.5. The Morgan fingerprint density at radius 1 is 0.946 bits per heavy atom. The van der Waals surface area contributed by atoms with E-state index in [1.165, 1.54) is 0 Å². The number of amides is 1. The fraction of sp³-hybridized carbons (Fsp3) is 0.321. The van der Waals surface area contributed by atoms with Crippen LogP contribution in [0.1, 0.15) is 34.8 Å². The van der Waals surface area contributed by atoms with E-state index in [9.17, 15) is 4.79 Å². The molecule has 9 heteroatoms. The maximum absolute atomic E-state index is 13.0. The van der Waals surface area contributed by atoms with Gasteiger partial charge in [0.25, 0.3) is 5.91 Å². The number of likely N-dealkylation sites (tertiary alicyclic amines) is 1. The van der Waals surface area contributed by atoms with E-state index in [0.717, 1.165) is 48.3 Å². The predicted molar refractivity (Wildman–Crippen MR) is 139 cm³/mol. The summed E-state index contributed by atoms with van der Waals surface area (Å²) in [5, 5.41) is 14.7. The van der Waals surface area contributed by atoms with Crippen LogP contribution in [0.15, 0.2) is 60.8 Å². The standard InChI is InChI=1S/C28H27N7O2/c29-18-20-6-8-22(9-7-20)28(36)34-12-10-23(11-13-34)35-27-24(19-30-35)26(33-14-16-37-17-15-33)31-25(32-27)21-4-2-1-3-5-21/h1-9,19,23H,10-17H2. The van der Waals surface area contributed by atoms with Crippen LogP contribution in [0, 0.1) is 11.3 Å². The van der Waals surface area contributed by atoms with Gasteiger partial charge < -0.3 is 14.5 Å². The lowest BCUT2D eigenvalue weighted by Gasteiger charge is -2.32. The summed E-state index contributed by atoms with van der Waals surface area (Å²) in [4.78, 5) is 27.1. The summed E-state index contributed by atoms with van der Waals surface area (Å²) in [6.07, 6.45) is 3.45. The van der Waals surface area contributed by atoms with Crippen LogP contribution in [0.3, 0.4) is 0 Å². The molecule has 1 amide bonds. The lowest BCUT2D eigenvalue weighted by molar-refractivity contribution is 0.0691. The zero-order valence-electron chi connectivity index (χ0n) is 20.5. The molecule has 2 aliphatic heterocycles. The van der Waals surface area contributed by atoms with Crippen LogP contribution in [0.25, 0.3) is 22.4 Å². The Labute approximate surface area is 214 Å². The SMILES string of the molecule is N#Cc1ccc(C(=O)N2CCC(n3ncc4c(N5CCOCC5)nc(-c5ccccc5)nc43)CC2)cc1. The normalized spacial score (nSPS) is 16.6. The smallest absolute Gasteiger partial charge is 0.253 e. The zero-order chi connectivity index (χ0) is 25.2. The lowest BCUT2D eigenvalue weighted by atomic mass is 10.0. The summed E-state index contributed by atoms with van der Waals surface area (Å²) < 4.78 is 7.59. The molecule has 0 atom stereocenters. The molecule has 2 aromatic heterocycles. The van der Waals surface area contributed by atoms with Crippen LogP contribution in [0.5, 0.6) is 0 Å². The highest BCUT2D eigenvalue weighted by molar-refractivity contribution is 5.94. The molecule has 0 saturated carbocycles. The molecular formula is C28H27N7O2. The van der Waals surface area contributed by atoms with Crippen LogP contribution < -0.4 is 4.90 Å². The molecule has 6 rings (SSSR count). The Bertz CT molecular complexity index is 1450. The Morgan fingerprint density at radius 2 is 1.68 bits per heavy atom. The van der Waals surface area contributed by atoms with Gasteiger partial charge in [0.1, 0.15) is 5.82 Å². The molecule has 2 saturated heterocycles. The molecule has 0 N–H and O–H groups in total. The third-order valence-electron chi connectivity index (χ3n) is 7.13. The second kappa shape index (κ2) is 9.99. The molecule has 4 aromatic rings. The molecule has 186 valence electrons. The number of hydrogen-bond acceptors (Lipinski definition) is 7. The first kappa shape index (κ1) is 23.1. The molecule has 0 unspecified atom stereocenters. The quantitative estimate of drug-likeness (QED) is 0.428. The summed E-state index contributed by atoms with van der Waals surface area (Å²) in [5.41, 5.74) is 2.95. The van der Waals surface area contributed by atoms with Crippen molar-refractivity contribution in [1.29, 1.82) is 5.26 Å². The third-order valence-corrected chi connectivity index (χ3v) is 7.13. The first-order valence-electron chi connectivity index (χ1n) is 12.6. The van der Waals surface area contributed by atoms with Crippen LogP contribution >= 0.6 is 0 Å². The van der Waals surface area contributed by atoms with E-state index in [1.807, 2.05) is 46.1 Å². The topological polar surface area (TPSA) is 100 Å². The Hall–Kier alpha value is -4.29. The minimum Gasteiger partial charge on any atom is -0.378 e. The fourth-order valence-corrected chi connectivity index (χ4v) is 5.09. The van der Waals surface area contributed by atoms with Crippen molar-refractivity contribution < 1.29 is 9.53 Å². The van der Waals surface area contributed by atoms with Crippen molar-refractivity contribution in [2.45, 2.75) is 18.9 Å². The molecule has 37 heavy (non-hydrogen) atoms. The predicted octanol–water partition coefficient (Wildman–Crippen LogP) is 3.68. The van der Waals surface area contributed by atoms with Gasteiger partial charge in [-0.15, -0.1) is 0 Å². The van der Waals surface area contributed by atoms with Crippen molar-refractivity contribution in [1.82, 2.24) is 24.6 Å². The number of ether oxygens (including phenoxy) is 1. The van der Waals surface area contributed by atoms with Gasteiger partial charge in [0.05, 0.1) is 42.5 Å². The monoisotopic (exact) mass is 493 g/mol. The van der Waals surface area contributed by atoms with Gasteiger partial charge in [-0.05, 0) is 37.1 Å². The zero-order valence-corrected chi connectivity index (χ0v) is 20.5. The van der Waals surface area contributed by atoms with Crippen molar-refractivity contribution in [2.75, 3.05) is 44.3 Å². The summed E-state index contributed by atoms with van der Waals surface area (Å²) in [6.45, 7) is 4.18. The summed E-state index contributed by atoms with van der Waals surface area (Å²) in [5.74, 6) is 1.58. The fourth-order valence-electron chi connectivity index (χ4n) is 5.09. The number of morpholine rings is 1. The van der Waals surface area contributed by atoms with E-state index in [4.69, 9.17) is 25.1 Å². The van der Waals surface area contributed by atoms with E-state index in [-0.39, 0.29) is 11.9 Å². The number of carbonyl (C=O) groups excluding carboxylic acids is 1. The molecule has 2 aliphatic rings. The molecule has 4 heterocycles. The maximum Gasteiger partial charge on any atom is 0.253 e. The average Bonchev–Trinajstić information content (AvgIpc) is 3.41. The lowest BCUT2D eigenvalue weighted by Crippen LogP contribution is -2.39. The van der Waals surface area contributed by atoms with Gasteiger partial charge in [-0.3, -0.25) is 4.79 Å². The Morgan fingerprint density at radius 3 is 2.38 bits per heavy atom. The number of piperidine rings is 1. The van der Waals surface area contributed by atoms with Gasteiger partial charge in [0.15, 0.2) is 11.5 Å². The Balaban J connectivity index is 1.28. The van der Waals surface area contributed by atoms with Gasteiger partial charge in [-0.25, -0.2) is 14.6 Å². The third kappa shape index (κ3) is 4.52. The summed E-state index contributed by atoms with van der Waals surface area (Å²) >= 11 is 0. The van der Waals surface area contributed by atoms with Gasteiger partial charge in [0.2, 0.25) is 0 Å². The van der Waals surface area contributed by atoms with Crippen molar-refractivity contribution in [3.63, 3.8) is 0 Å². The van der Waals surface area contributed by atoms with E-state index in [1.54, 1.807) is 24.3 Å². The number of benzene rings is 2. The minimum atomic E-state index is -0.00319. The molecule has 2 aromatic carbocycles. The van der Waals surface area contributed by atoms with Crippen LogP contribution in [0.2, 0.25) is 0 Å². The molecule has 0 aliphatic carbocycles. The van der Waals surface area contributed by atoms with E-state index < -0.39 is 0 Å². The molecule has 9 nitrogen and oxygen atoms in total. The molecule has 0 radical (unpaired) electrons.